The highest BCUT2D eigenvalue weighted by Crippen LogP contribution is 2.37. The van der Waals surface area contributed by atoms with Gasteiger partial charge < -0.3 is 25.8 Å². The predicted octanol–water partition coefficient (Wildman–Crippen LogP) is 2.71. The molecule has 1 atom stereocenters. The number of nitrogens with two attached hydrogens (primary N) is 1. The van der Waals surface area contributed by atoms with Crippen molar-refractivity contribution in [1.29, 1.82) is 0 Å². The molecule has 1 aliphatic rings. The molecule has 1 unspecified atom stereocenters. The van der Waals surface area contributed by atoms with Gasteiger partial charge >= 0.3 is 6.09 Å². The Kier molecular flexibility index (Phi) is 5.05. The van der Waals surface area contributed by atoms with Crippen LogP contribution in [0.1, 0.15) is 24.6 Å². The lowest BCUT2D eigenvalue weighted by molar-refractivity contribution is 0.191. The lowest BCUT2D eigenvalue weighted by atomic mass is 10.1. The number of anilines is 2. The van der Waals surface area contributed by atoms with Crippen molar-refractivity contribution in [2.45, 2.75) is 18.9 Å². The Labute approximate surface area is 144 Å². The SMILES string of the molecule is Nc1nc(C2CCCN2c2ccc(OCCNC(=O)O)cc2)cs1. The van der Waals surface area contributed by atoms with Crippen LogP contribution in [0.5, 0.6) is 5.75 Å². The number of thiazole rings is 1. The molecule has 128 valence electrons. The van der Waals surface area contributed by atoms with E-state index in [-0.39, 0.29) is 12.6 Å². The monoisotopic (exact) mass is 348 g/mol. The van der Waals surface area contributed by atoms with Crippen molar-refractivity contribution in [2.24, 2.45) is 0 Å². The lowest BCUT2D eigenvalue weighted by Crippen LogP contribution is -2.26. The second-order valence-corrected chi connectivity index (χ2v) is 6.43. The zero-order valence-electron chi connectivity index (χ0n) is 13.1. The molecule has 2 aromatic rings. The molecule has 1 saturated heterocycles. The first-order valence-corrected chi connectivity index (χ1v) is 8.68. The number of aromatic nitrogens is 1. The number of ether oxygens (including phenoxy) is 1. The molecule has 1 aliphatic heterocycles. The van der Waals surface area contributed by atoms with Crippen LogP contribution in [0.4, 0.5) is 15.6 Å². The number of hydrogen-bond donors (Lipinski definition) is 3. The molecule has 7 nitrogen and oxygen atoms in total. The molecule has 1 amide bonds. The fraction of sp³-hybridized carbons (Fsp3) is 0.375. The van der Waals surface area contributed by atoms with Gasteiger partial charge in [-0.2, -0.15) is 0 Å². The summed E-state index contributed by atoms with van der Waals surface area (Å²) in [5, 5.41) is 13.4. The van der Waals surface area contributed by atoms with Gasteiger partial charge in [0.2, 0.25) is 0 Å². The molecule has 0 aliphatic carbocycles. The van der Waals surface area contributed by atoms with Gasteiger partial charge in [0.15, 0.2) is 5.13 Å². The third-order valence-corrected chi connectivity index (χ3v) is 4.64. The molecule has 3 rings (SSSR count). The number of amides is 1. The van der Waals surface area contributed by atoms with Crippen LogP contribution in [0.25, 0.3) is 0 Å². The zero-order valence-corrected chi connectivity index (χ0v) is 14.0. The standard InChI is InChI=1S/C16H20N4O3S/c17-15-19-13(10-24-15)14-2-1-8-20(14)11-3-5-12(6-4-11)23-9-7-18-16(21)22/h3-6,10,14,18H,1-2,7-9H2,(H2,17,19)(H,21,22). The fourth-order valence-electron chi connectivity index (χ4n) is 2.90. The van der Waals surface area contributed by atoms with E-state index in [9.17, 15) is 4.79 Å². The Hall–Kier alpha value is -2.48. The van der Waals surface area contributed by atoms with Gasteiger partial charge in [-0.05, 0) is 37.1 Å². The van der Waals surface area contributed by atoms with E-state index < -0.39 is 6.09 Å². The van der Waals surface area contributed by atoms with Crippen LogP contribution < -0.4 is 20.7 Å². The average Bonchev–Trinajstić information content (AvgIpc) is 3.20. The molecule has 0 spiro atoms. The van der Waals surface area contributed by atoms with Gasteiger partial charge in [-0.25, -0.2) is 9.78 Å². The van der Waals surface area contributed by atoms with E-state index in [2.05, 4.69) is 15.2 Å². The zero-order chi connectivity index (χ0) is 16.9. The van der Waals surface area contributed by atoms with Gasteiger partial charge in [-0.15, -0.1) is 11.3 Å². The van der Waals surface area contributed by atoms with E-state index in [1.165, 1.54) is 11.3 Å². The summed E-state index contributed by atoms with van der Waals surface area (Å²) in [4.78, 5) is 17.1. The Morgan fingerprint density at radius 2 is 2.25 bits per heavy atom. The van der Waals surface area contributed by atoms with Crippen LogP contribution in [-0.2, 0) is 0 Å². The van der Waals surface area contributed by atoms with E-state index in [4.69, 9.17) is 15.6 Å². The second kappa shape index (κ2) is 7.39. The minimum absolute atomic E-state index is 0.260. The molecule has 8 heteroatoms. The maximum Gasteiger partial charge on any atom is 0.404 e. The number of carboxylic acid groups (broad SMARTS) is 1. The average molecular weight is 348 g/mol. The molecular weight excluding hydrogens is 328 g/mol. The molecule has 0 radical (unpaired) electrons. The molecule has 0 saturated carbocycles. The van der Waals surface area contributed by atoms with Crippen LogP contribution in [0.3, 0.4) is 0 Å². The molecule has 2 heterocycles. The van der Waals surface area contributed by atoms with Gasteiger partial charge in [0.1, 0.15) is 12.4 Å². The number of benzene rings is 1. The van der Waals surface area contributed by atoms with Crippen molar-refractivity contribution in [3.05, 3.63) is 35.3 Å². The summed E-state index contributed by atoms with van der Waals surface area (Å²) < 4.78 is 5.52. The molecule has 1 aromatic heterocycles. The van der Waals surface area contributed by atoms with E-state index in [1.54, 1.807) is 0 Å². The molecule has 4 N–H and O–H groups in total. The third-order valence-electron chi connectivity index (χ3n) is 3.95. The minimum atomic E-state index is -1.04. The smallest absolute Gasteiger partial charge is 0.404 e. The first-order valence-electron chi connectivity index (χ1n) is 7.80. The van der Waals surface area contributed by atoms with Crippen molar-refractivity contribution in [2.75, 3.05) is 30.3 Å². The van der Waals surface area contributed by atoms with E-state index in [0.29, 0.717) is 11.7 Å². The van der Waals surface area contributed by atoms with E-state index in [0.717, 1.165) is 36.5 Å². The number of nitrogen functional groups attached to an aromatic ring is 1. The molecule has 1 aromatic carbocycles. The fourth-order valence-corrected chi connectivity index (χ4v) is 3.51. The van der Waals surface area contributed by atoms with Gasteiger partial charge in [0.05, 0.1) is 18.3 Å². The summed E-state index contributed by atoms with van der Waals surface area (Å²) >= 11 is 1.48. The second-order valence-electron chi connectivity index (χ2n) is 5.54. The molecular formula is C16H20N4O3S. The Balaban J connectivity index is 1.61. The van der Waals surface area contributed by atoms with Crippen molar-refractivity contribution in [3.63, 3.8) is 0 Å². The quantitative estimate of drug-likeness (QED) is 0.694. The topological polar surface area (TPSA) is 101 Å². The normalized spacial score (nSPS) is 17.0. The lowest BCUT2D eigenvalue weighted by Gasteiger charge is -2.25. The maximum atomic E-state index is 10.4. The summed E-state index contributed by atoms with van der Waals surface area (Å²) in [7, 11) is 0. The van der Waals surface area contributed by atoms with Crippen molar-refractivity contribution in [3.8, 4) is 5.75 Å². The first-order chi connectivity index (χ1) is 11.6. The highest BCUT2D eigenvalue weighted by Gasteiger charge is 2.28. The van der Waals surface area contributed by atoms with Crippen molar-refractivity contribution >= 4 is 28.2 Å². The summed E-state index contributed by atoms with van der Waals surface area (Å²) in [6, 6.07) is 8.12. The summed E-state index contributed by atoms with van der Waals surface area (Å²) in [5.74, 6) is 0.722. The summed E-state index contributed by atoms with van der Waals surface area (Å²) in [5.41, 5.74) is 7.92. The number of hydrogen-bond acceptors (Lipinski definition) is 6. The highest BCUT2D eigenvalue weighted by molar-refractivity contribution is 7.13. The molecule has 1 fully saturated rings. The van der Waals surface area contributed by atoms with Crippen LogP contribution >= 0.6 is 11.3 Å². The number of nitrogens with one attached hydrogen (secondary N) is 1. The Bertz CT molecular complexity index is 689. The first kappa shape index (κ1) is 16.4. The van der Waals surface area contributed by atoms with Gasteiger partial charge in [0, 0.05) is 17.6 Å². The number of carbonyl (C=O) groups is 1. The highest BCUT2D eigenvalue weighted by atomic mass is 32.1. The van der Waals surface area contributed by atoms with Crippen LogP contribution in [-0.4, -0.2) is 35.9 Å². The molecule has 24 heavy (non-hydrogen) atoms. The van der Waals surface area contributed by atoms with Gasteiger partial charge in [-0.3, -0.25) is 0 Å². The summed E-state index contributed by atoms with van der Waals surface area (Å²) in [6.45, 7) is 1.55. The Morgan fingerprint density at radius 1 is 1.46 bits per heavy atom. The minimum Gasteiger partial charge on any atom is -0.492 e. The largest absolute Gasteiger partial charge is 0.492 e. The van der Waals surface area contributed by atoms with Gasteiger partial charge in [-0.1, -0.05) is 0 Å². The summed E-state index contributed by atoms with van der Waals surface area (Å²) in [6.07, 6.45) is 1.15. The number of nitrogens with zero attached hydrogens (tertiary/aromatic N) is 2. The Morgan fingerprint density at radius 3 is 2.92 bits per heavy atom. The third kappa shape index (κ3) is 3.88. The van der Waals surface area contributed by atoms with Crippen LogP contribution in [0.15, 0.2) is 29.6 Å². The van der Waals surface area contributed by atoms with Crippen LogP contribution in [0, 0.1) is 0 Å². The van der Waals surface area contributed by atoms with E-state index >= 15 is 0 Å². The van der Waals surface area contributed by atoms with Crippen molar-refractivity contribution < 1.29 is 14.6 Å². The molecule has 0 bridgehead atoms. The maximum absolute atomic E-state index is 10.4. The van der Waals surface area contributed by atoms with E-state index in [1.807, 2.05) is 29.6 Å². The predicted molar refractivity (Wildman–Crippen MR) is 93.8 cm³/mol. The van der Waals surface area contributed by atoms with Crippen LogP contribution in [0.2, 0.25) is 0 Å². The van der Waals surface area contributed by atoms with Gasteiger partial charge in [0.25, 0.3) is 0 Å². The van der Waals surface area contributed by atoms with Crippen molar-refractivity contribution in [1.82, 2.24) is 10.3 Å². The number of rotatable bonds is 6.